The topological polar surface area (TPSA) is 89.0 Å². The first-order valence-electron chi connectivity index (χ1n) is 8.71. The zero-order chi connectivity index (χ0) is 18.5. The molecule has 1 aromatic rings. The fourth-order valence-corrected chi connectivity index (χ4v) is 2.88. The smallest absolute Gasteiger partial charge is 0.264 e. The maximum Gasteiger partial charge on any atom is 0.264 e. The van der Waals surface area contributed by atoms with E-state index < -0.39 is 18.1 Å². The number of ether oxygens (including phenoxy) is 1. The maximum atomic E-state index is 13.0. The molecule has 2 amide bonds. The van der Waals surface area contributed by atoms with Crippen LogP contribution in [0.5, 0.6) is 0 Å². The molecule has 0 bridgehead atoms. The van der Waals surface area contributed by atoms with Gasteiger partial charge in [0.1, 0.15) is 11.9 Å². The number of benzene rings is 1. The summed E-state index contributed by atoms with van der Waals surface area (Å²) < 4.78 is 18.4. The number of hydrogen-bond donors (Lipinski definition) is 2. The van der Waals surface area contributed by atoms with E-state index in [4.69, 9.17) is 9.57 Å². The van der Waals surface area contributed by atoms with Crippen molar-refractivity contribution in [3.8, 4) is 0 Å². The quantitative estimate of drug-likeness (QED) is 0.793. The summed E-state index contributed by atoms with van der Waals surface area (Å²) in [5.41, 5.74) is 1.27. The highest BCUT2D eigenvalue weighted by atomic mass is 19.1. The lowest BCUT2D eigenvalue weighted by Gasteiger charge is -2.17. The Kier molecular flexibility index (Phi) is 5.82. The van der Waals surface area contributed by atoms with E-state index in [1.54, 1.807) is 19.1 Å². The van der Waals surface area contributed by atoms with Gasteiger partial charge in [-0.2, -0.15) is 0 Å². The van der Waals surface area contributed by atoms with Crippen molar-refractivity contribution in [2.75, 3.05) is 13.2 Å². The van der Waals surface area contributed by atoms with Crippen molar-refractivity contribution in [1.82, 2.24) is 10.6 Å². The highest BCUT2D eigenvalue weighted by Crippen LogP contribution is 2.17. The van der Waals surface area contributed by atoms with E-state index >= 15 is 0 Å². The third-order valence-electron chi connectivity index (χ3n) is 4.42. The van der Waals surface area contributed by atoms with Gasteiger partial charge in [0, 0.05) is 19.6 Å². The Morgan fingerprint density at radius 1 is 1.35 bits per heavy atom. The van der Waals surface area contributed by atoms with Gasteiger partial charge >= 0.3 is 0 Å². The van der Waals surface area contributed by atoms with E-state index in [9.17, 15) is 14.0 Å². The van der Waals surface area contributed by atoms with Crippen LogP contribution >= 0.6 is 0 Å². The third-order valence-corrected chi connectivity index (χ3v) is 4.42. The third kappa shape index (κ3) is 4.57. The first kappa shape index (κ1) is 18.3. The van der Waals surface area contributed by atoms with E-state index in [1.807, 2.05) is 0 Å². The molecule has 0 spiro atoms. The lowest BCUT2D eigenvalue weighted by atomic mass is 10.0. The number of hydrogen-bond acceptors (Lipinski definition) is 5. The molecule has 3 unspecified atom stereocenters. The van der Waals surface area contributed by atoms with Crippen LogP contribution in [0.25, 0.3) is 0 Å². The van der Waals surface area contributed by atoms with Crippen LogP contribution in [0, 0.1) is 5.82 Å². The molecule has 0 aromatic heterocycles. The van der Waals surface area contributed by atoms with E-state index in [2.05, 4.69) is 15.8 Å². The summed E-state index contributed by atoms with van der Waals surface area (Å²) in [4.78, 5) is 29.5. The summed E-state index contributed by atoms with van der Waals surface area (Å²) in [6.07, 6.45) is 1.44. The molecular formula is C18H22FN3O4. The number of carbonyl (C=O) groups is 2. The Labute approximate surface area is 150 Å². The van der Waals surface area contributed by atoms with Gasteiger partial charge in [-0.05, 0) is 37.5 Å². The van der Waals surface area contributed by atoms with Gasteiger partial charge in [-0.25, -0.2) is 4.39 Å². The highest BCUT2D eigenvalue weighted by molar-refractivity contribution is 6.04. The van der Waals surface area contributed by atoms with Crippen LogP contribution in [0.2, 0.25) is 0 Å². The SMILES string of the molecule is CC(NC(=O)C1CC(c2ccc(F)cc2)=NO1)C(=O)NCC1CCCO1. The zero-order valence-corrected chi connectivity index (χ0v) is 14.5. The standard InChI is InChI=1S/C18H22FN3O4/c1-11(17(23)20-10-14-3-2-8-25-14)21-18(24)16-9-15(22-26-16)12-4-6-13(19)7-5-12/h4-7,11,14,16H,2-3,8-10H2,1H3,(H,20,23)(H,21,24). The molecule has 2 aliphatic heterocycles. The molecule has 0 radical (unpaired) electrons. The van der Waals surface area contributed by atoms with E-state index in [0.717, 1.165) is 19.4 Å². The maximum absolute atomic E-state index is 13.0. The predicted octanol–water partition coefficient (Wildman–Crippen LogP) is 1.12. The van der Waals surface area contributed by atoms with Gasteiger partial charge in [-0.15, -0.1) is 0 Å². The first-order chi connectivity index (χ1) is 12.5. The van der Waals surface area contributed by atoms with Gasteiger partial charge in [0.05, 0.1) is 11.8 Å². The molecule has 0 aliphatic carbocycles. The molecule has 7 nitrogen and oxygen atoms in total. The summed E-state index contributed by atoms with van der Waals surface area (Å²) in [5.74, 6) is -1.03. The van der Waals surface area contributed by atoms with Gasteiger partial charge in [0.15, 0.2) is 0 Å². The second kappa shape index (κ2) is 8.27. The average molecular weight is 363 g/mol. The molecule has 8 heteroatoms. The van der Waals surface area contributed by atoms with Crippen molar-refractivity contribution >= 4 is 17.5 Å². The van der Waals surface area contributed by atoms with Gasteiger partial charge in [0.2, 0.25) is 12.0 Å². The second-order valence-corrected chi connectivity index (χ2v) is 6.45. The zero-order valence-electron chi connectivity index (χ0n) is 14.5. The van der Waals surface area contributed by atoms with Gasteiger partial charge in [-0.1, -0.05) is 17.3 Å². The summed E-state index contributed by atoms with van der Waals surface area (Å²) in [6, 6.07) is 5.12. The molecule has 0 saturated carbocycles. The van der Waals surface area contributed by atoms with Crippen molar-refractivity contribution < 1.29 is 23.6 Å². The molecule has 26 heavy (non-hydrogen) atoms. The number of nitrogens with one attached hydrogen (secondary N) is 2. The molecule has 2 N–H and O–H groups in total. The Hall–Kier alpha value is -2.48. The number of carbonyl (C=O) groups excluding carboxylic acids is 2. The molecule has 3 rings (SSSR count). The highest BCUT2D eigenvalue weighted by Gasteiger charge is 2.31. The largest absolute Gasteiger partial charge is 0.382 e. The van der Waals surface area contributed by atoms with Crippen LogP contribution < -0.4 is 10.6 Å². The van der Waals surface area contributed by atoms with Crippen molar-refractivity contribution in [3.05, 3.63) is 35.6 Å². The lowest BCUT2D eigenvalue weighted by Crippen LogP contribution is -2.49. The molecule has 140 valence electrons. The fourth-order valence-electron chi connectivity index (χ4n) is 2.88. The van der Waals surface area contributed by atoms with Crippen LogP contribution in [0.3, 0.4) is 0 Å². The molecule has 1 saturated heterocycles. The van der Waals surface area contributed by atoms with E-state index in [0.29, 0.717) is 17.8 Å². The van der Waals surface area contributed by atoms with Crippen molar-refractivity contribution in [3.63, 3.8) is 0 Å². The molecule has 2 heterocycles. The Bertz CT molecular complexity index is 686. The molecule has 3 atom stereocenters. The number of nitrogens with zero attached hydrogens (tertiary/aromatic N) is 1. The summed E-state index contributed by atoms with van der Waals surface area (Å²) >= 11 is 0. The predicted molar refractivity (Wildman–Crippen MR) is 92.0 cm³/mol. The Morgan fingerprint density at radius 3 is 2.81 bits per heavy atom. The van der Waals surface area contributed by atoms with Crippen LogP contribution in [0.15, 0.2) is 29.4 Å². The van der Waals surface area contributed by atoms with Crippen LogP contribution in [-0.2, 0) is 19.2 Å². The lowest BCUT2D eigenvalue weighted by molar-refractivity contribution is -0.135. The number of rotatable bonds is 6. The second-order valence-electron chi connectivity index (χ2n) is 6.45. The van der Waals surface area contributed by atoms with Crippen molar-refractivity contribution in [2.24, 2.45) is 5.16 Å². The Balaban J connectivity index is 1.44. The molecule has 1 aromatic carbocycles. The minimum absolute atomic E-state index is 0.0479. The first-order valence-corrected chi connectivity index (χ1v) is 8.71. The fraction of sp³-hybridized carbons (Fsp3) is 0.500. The molecular weight excluding hydrogens is 341 g/mol. The summed E-state index contributed by atoms with van der Waals surface area (Å²) in [5, 5.41) is 9.30. The Morgan fingerprint density at radius 2 is 2.12 bits per heavy atom. The number of oxime groups is 1. The van der Waals surface area contributed by atoms with Crippen LogP contribution in [-0.4, -0.2) is 48.9 Å². The van der Waals surface area contributed by atoms with Crippen molar-refractivity contribution in [2.45, 2.75) is 44.4 Å². The average Bonchev–Trinajstić information content (AvgIpc) is 3.32. The van der Waals surface area contributed by atoms with Gasteiger partial charge in [0.25, 0.3) is 5.91 Å². The minimum Gasteiger partial charge on any atom is -0.382 e. The van der Waals surface area contributed by atoms with Crippen molar-refractivity contribution in [1.29, 1.82) is 0 Å². The van der Waals surface area contributed by atoms with Crippen LogP contribution in [0.1, 0.15) is 31.7 Å². The van der Waals surface area contributed by atoms with Gasteiger partial charge in [-0.3, -0.25) is 9.59 Å². The normalized spacial score (nSPS) is 23.1. The monoisotopic (exact) mass is 363 g/mol. The summed E-state index contributed by atoms with van der Waals surface area (Å²) in [6.45, 7) is 2.78. The minimum atomic E-state index is -0.802. The number of halogens is 1. The summed E-state index contributed by atoms with van der Waals surface area (Å²) in [7, 11) is 0. The number of amides is 2. The van der Waals surface area contributed by atoms with E-state index in [-0.39, 0.29) is 24.2 Å². The van der Waals surface area contributed by atoms with Crippen LogP contribution in [0.4, 0.5) is 4.39 Å². The van der Waals surface area contributed by atoms with E-state index in [1.165, 1.54) is 12.1 Å². The van der Waals surface area contributed by atoms with Gasteiger partial charge < -0.3 is 20.2 Å². The molecule has 2 aliphatic rings. The molecule has 1 fully saturated rings.